The molecule has 1 amide bonds. The number of aryl methyl sites for hydroxylation is 1. The van der Waals surface area contributed by atoms with E-state index in [1.165, 1.54) is 7.11 Å². The Bertz CT molecular complexity index is 1040. The van der Waals surface area contributed by atoms with Gasteiger partial charge in [-0.25, -0.2) is 9.78 Å². The van der Waals surface area contributed by atoms with E-state index in [9.17, 15) is 9.59 Å². The first-order valence-electron chi connectivity index (χ1n) is 8.59. The lowest BCUT2D eigenvalue weighted by molar-refractivity contribution is -0.119. The lowest BCUT2D eigenvalue weighted by Crippen LogP contribution is -2.22. The molecular formula is C21H19IN2O4. The minimum atomic E-state index is -0.597. The molecule has 0 radical (unpaired) electrons. The van der Waals surface area contributed by atoms with Gasteiger partial charge in [0.05, 0.1) is 23.4 Å². The van der Waals surface area contributed by atoms with Gasteiger partial charge in [0, 0.05) is 21.8 Å². The van der Waals surface area contributed by atoms with Gasteiger partial charge in [-0.3, -0.25) is 4.79 Å². The van der Waals surface area contributed by atoms with Gasteiger partial charge in [-0.2, -0.15) is 0 Å². The number of hydrogen-bond acceptors (Lipinski definition) is 5. The zero-order valence-corrected chi connectivity index (χ0v) is 17.6. The largest absolute Gasteiger partial charge is 0.452 e. The summed E-state index contributed by atoms with van der Waals surface area (Å²) in [4.78, 5) is 29.4. The number of nitrogens with zero attached hydrogens (tertiary/aromatic N) is 1. The number of hydrogen-bond donors (Lipinski definition) is 1. The summed E-state index contributed by atoms with van der Waals surface area (Å²) in [5, 5.41) is 3.57. The fourth-order valence-electron chi connectivity index (χ4n) is 2.92. The molecule has 144 valence electrons. The molecule has 0 saturated carbocycles. The molecule has 0 fully saturated rings. The third-order valence-corrected chi connectivity index (χ3v) is 4.83. The predicted molar refractivity (Wildman–Crippen MR) is 115 cm³/mol. The molecule has 1 heterocycles. The van der Waals surface area contributed by atoms with Crippen LogP contribution in [-0.4, -0.2) is 30.6 Å². The number of halogens is 1. The summed E-state index contributed by atoms with van der Waals surface area (Å²) in [6.07, 6.45) is 0. The minimum Gasteiger partial charge on any atom is -0.452 e. The van der Waals surface area contributed by atoms with Gasteiger partial charge in [0.15, 0.2) is 6.61 Å². The van der Waals surface area contributed by atoms with Crippen LogP contribution >= 0.6 is 22.6 Å². The molecule has 2 aromatic carbocycles. The highest BCUT2D eigenvalue weighted by Crippen LogP contribution is 2.24. The number of carbonyl (C=O) groups excluding carboxylic acids is 2. The topological polar surface area (TPSA) is 77.5 Å². The average molecular weight is 490 g/mol. The van der Waals surface area contributed by atoms with Crippen molar-refractivity contribution in [2.45, 2.75) is 13.5 Å². The standard InChI is InChI=1S/C21H19IN2O4/c1-13-16-8-3-4-9-17(16)24-18(11-27-2)20(13)21(26)28-12-19(25)23-15-7-5-6-14(22)10-15/h3-10H,11-12H2,1-2H3,(H,23,25). The van der Waals surface area contributed by atoms with Crippen molar-refractivity contribution in [3.63, 3.8) is 0 Å². The molecule has 28 heavy (non-hydrogen) atoms. The Morgan fingerprint density at radius 3 is 2.68 bits per heavy atom. The molecule has 3 rings (SSSR count). The summed E-state index contributed by atoms with van der Waals surface area (Å²) in [5.74, 6) is -1.00. The van der Waals surface area contributed by atoms with Crippen molar-refractivity contribution < 1.29 is 19.1 Å². The first-order valence-corrected chi connectivity index (χ1v) is 9.67. The minimum absolute atomic E-state index is 0.171. The smallest absolute Gasteiger partial charge is 0.340 e. The molecule has 0 bridgehead atoms. The Morgan fingerprint density at radius 1 is 1.14 bits per heavy atom. The van der Waals surface area contributed by atoms with Crippen molar-refractivity contribution in [3.05, 3.63) is 68.9 Å². The number of pyridine rings is 1. The van der Waals surface area contributed by atoms with Crippen LogP contribution < -0.4 is 5.32 Å². The van der Waals surface area contributed by atoms with Crippen molar-refractivity contribution in [1.29, 1.82) is 0 Å². The second-order valence-electron chi connectivity index (χ2n) is 6.14. The van der Waals surface area contributed by atoms with E-state index in [0.29, 0.717) is 16.9 Å². The highest BCUT2D eigenvalue weighted by atomic mass is 127. The quantitative estimate of drug-likeness (QED) is 0.416. The maximum atomic E-state index is 12.7. The third kappa shape index (κ3) is 4.66. The molecular weight excluding hydrogens is 471 g/mol. The normalized spacial score (nSPS) is 10.7. The maximum Gasteiger partial charge on any atom is 0.340 e. The third-order valence-electron chi connectivity index (χ3n) is 4.15. The van der Waals surface area contributed by atoms with Crippen molar-refractivity contribution in [1.82, 2.24) is 4.98 Å². The number of amides is 1. The van der Waals surface area contributed by atoms with Gasteiger partial charge in [-0.05, 0) is 59.3 Å². The van der Waals surface area contributed by atoms with Crippen molar-refractivity contribution in [2.24, 2.45) is 0 Å². The number of benzene rings is 2. The lowest BCUT2D eigenvalue weighted by Gasteiger charge is -2.14. The number of fused-ring (bicyclic) bond motifs is 1. The maximum absolute atomic E-state index is 12.7. The van der Waals surface area contributed by atoms with E-state index in [0.717, 1.165) is 20.0 Å². The number of aromatic nitrogens is 1. The fraction of sp³-hybridized carbons (Fsp3) is 0.190. The Morgan fingerprint density at radius 2 is 1.93 bits per heavy atom. The molecule has 0 unspecified atom stereocenters. The summed E-state index contributed by atoms with van der Waals surface area (Å²) in [5.41, 5.74) is 3.00. The first kappa shape index (κ1) is 20.2. The van der Waals surface area contributed by atoms with Crippen LogP contribution in [0.3, 0.4) is 0 Å². The summed E-state index contributed by atoms with van der Waals surface area (Å²) in [6, 6.07) is 14.9. The molecule has 0 atom stereocenters. The number of esters is 1. The number of ether oxygens (including phenoxy) is 2. The predicted octanol–water partition coefficient (Wildman–Crippen LogP) is 4.09. The number of carbonyl (C=O) groups is 2. The summed E-state index contributed by atoms with van der Waals surface area (Å²) in [7, 11) is 1.54. The lowest BCUT2D eigenvalue weighted by atomic mass is 10.0. The van der Waals surface area contributed by atoms with E-state index in [2.05, 4.69) is 32.9 Å². The summed E-state index contributed by atoms with van der Waals surface area (Å²) < 4.78 is 11.4. The molecule has 0 spiro atoms. The van der Waals surface area contributed by atoms with Crippen LogP contribution in [0.1, 0.15) is 21.6 Å². The van der Waals surface area contributed by atoms with Gasteiger partial charge in [-0.15, -0.1) is 0 Å². The van der Waals surface area contributed by atoms with Crippen LogP contribution in [0.4, 0.5) is 5.69 Å². The SMILES string of the molecule is COCc1nc2ccccc2c(C)c1C(=O)OCC(=O)Nc1cccc(I)c1. The van der Waals surface area contributed by atoms with Crippen LogP contribution in [0.25, 0.3) is 10.9 Å². The Kier molecular flexibility index (Phi) is 6.58. The van der Waals surface area contributed by atoms with Gasteiger partial charge in [-0.1, -0.05) is 24.3 Å². The highest BCUT2D eigenvalue weighted by Gasteiger charge is 2.21. The number of anilines is 1. The number of para-hydroxylation sites is 1. The van der Waals surface area contributed by atoms with Gasteiger partial charge >= 0.3 is 5.97 Å². The molecule has 0 aliphatic heterocycles. The van der Waals surface area contributed by atoms with Crippen LogP contribution in [0.15, 0.2) is 48.5 Å². The monoisotopic (exact) mass is 490 g/mol. The van der Waals surface area contributed by atoms with Crippen molar-refractivity contribution in [2.75, 3.05) is 19.0 Å². The van der Waals surface area contributed by atoms with Crippen LogP contribution in [0.2, 0.25) is 0 Å². The van der Waals surface area contributed by atoms with Crippen LogP contribution in [0, 0.1) is 10.5 Å². The Balaban J connectivity index is 1.78. The van der Waals surface area contributed by atoms with E-state index < -0.39 is 11.9 Å². The van der Waals surface area contributed by atoms with E-state index in [-0.39, 0.29) is 13.2 Å². The van der Waals surface area contributed by atoms with Crippen LogP contribution in [0.5, 0.6) is 0 Å². The molecule has 1 aromatic heterocycles. The number of nitrogens with one attached hydrogen (secondary N) is 1. The molecule has 0 aliphatic rings. The molecule has 0 saturated heterocycles. The molecule has 7 heteroatoms. The molecule has 3 aromatic rings. The molecule has 1 N–H and O–H groups in total. The molecule has 6 nitrogen and oxygen atoms in total. The first-order chi connectivity index (χ1) is 13.5. The van der Waals surface area contributed by atoms with Crippen molar-refractivity contribution >= 4 is 51.1 Å². The van der Waals surface area contributed by atoms with Gasteiger partial charge in [0.25, 0.3) is 5.91 Å². The second kappa shape index (κ2) is 9.11. The number of rotatable bonds is 6. The highest BCUT2D eigenvalue weighted by molar-refractivity contribution is 14.1. The fourth-order valence-corrected chi connectivity index (χ4v) is 3.46. The molecule has 0 aliphatic carbocycles. The van der Waals surface area contributed by atoms with E-state index in [4.69, 9.17) is 9.47 Å². The van der Waals surface area contributed by atoms with E-state index >= 15 is 0 Å². The second-order valence-corrected chi connectivity index (χ2v) is 7.39. The summed E-state index contributed by atoms with van der Waals surface area (Å²) in [6.45, 7) is 1.62. The average Bonchev–Trinajstić information content (AvgIpc) is 2.67. The number of methoxy groups -OCH3 is 1. The zero-order valence-electron chi connectivity index (χ0n) is 15.5. The Hall–Kier alpha value is -2.52. The zero-order chi connectivity index (χ0) is 20.1. The Labute approximate surface area is 176 Å². The van der Waals surface area contributed by atoms with Gasteiger partial charge in [0.2, 0.25) is 0 Å². The van der Waals surface area contributed by atoms with E-state index in [1.807, 2.05) is 49.4 Å². The van der Waals surface area contributed by atoms with Gasteiger partial charge in [0.1, 0.15) is 0 Å². The van der Waals surface area contributed by atoms with Crippen molar-refractivity contribution in [3.8, 4) is 0 Å². The van der Waals surface area contributed by atoms with E-state index in [1.54, 1.807) is 6.07 Å². The van der Waals surface area contributed by atoms with Gasteiger partial charge < -0.3 is 14.8 Å². The van der Waals surface area contributed by atoms with Crippen LogP contribution in [-0.2, 0) is 20.9 Å². The summed E-state index contributed by atoms with van der Waals surface area (Å²) >= 11 is 2.16.